The van der Waals surface area contributed by atoms with Crippen LogP contribution in [0.15, 0.2) is 24.3 Å². The molecule has 0 radical (unpaired) electrons. The van der Waals surface area contributed by atoms with E-state index >= 15 is 0 Å². The van der Waals surface area contributed by atoms with Crippen LogP contribution in [-0.4, -0.2) is 30.2 Å². The molecule has 0 atom stereocenters. The van der Waals surface area contributed by atoms with Gasteiger partial charge in [0.05, 0.1) is 0 Å². The minimum absolute atomic E-state index is 0.193. The van der Waals surface area contributed by atoms with Crippen molar-refractivity contribution in [3.8, 4) is 0 Å². The lowest BCUT2D eigenvalue weighted by molar-refractivity contribution is 0.0127. The highest BCUT2D eigenvalue weighted by molar-refractivity contribution is 5.22. The summed E-state index contributed by atoms with van der Waals surface area (Å²) in [5.74, 6) is 0. The average molecular weight is 247 g/mol. The summed E-state index contributed by atoms with van der Waals surface area (Å²) in [4.78, 5) is 2.34. The SMILES string of the molecule is CCc1ccc(CN(C)CC2(CO)CCC2)cc1. The molecule has 1 aromatic rings. The molecule has 0 aromatic heterocycles. The van der Waals surface area contributed by atoms with Crippen LogP contribution in [0.3, 0.4) is 0 Å². The van der Waals surface area contributed by atoms with Crippen LogP contribution in [0.4, 0.5) is 0 Å². The Bertz CT molecular complexity index is 362. The normalized spacial score (nSPS) is 17.8. The van der Waals surface area contributed by atoms with Crippen molar-refractivity contribution >= 4 is 0 Å². The first-order valence-corrected chi connectivity index (χ1v) is 7.05. The molecule has 2 rings (SSSR count). The van der Waals surface area contributed by atoms with Gasteiger partial charge in [-0.15, -0.1) is 0 Å². The summed E-state index contributed by atoms with van der Waals surface area (Å²) in [7, 11) is 2.16. The highest BCUT2D eigenvalue weighted by Crippen LogP contribution is 2.40. The van der Waals surface area contributed by atoms with Gasteiger partial charge < -0.3 is 10.0 Å². The molecule has 0 heterocycles. The highest BCUT2D eigenvalue weighted by Gasteiger charge is 2.37. The molecule has 2 heteroatoms. The molecular weight excluding hydrogens is 222 g/mol. The van der Waals surface area contributed by atoms with Gasteiger partial charge in [0.2, 0.25) is 0 Å². The van der Waals surface area contributed by atoms with Crippen molar-refractivity contribution in [2.45, 2.75) is 39.2 Å². The maximum absolute atomic E-state index is 9.49. The molecule has 0 saturated heterocycles. The summed E-state index contributed by atoms with van der Waals surface area (Å²) >= 11 is 0. The molecule has 0 bridgehead atoms. The van der Waals surface area contributed by atoms with Crippen molar-refractivity contribution in [1.82, 2.24) is 4.90 Å². The van der Waals surface area contributed by atoms with E-state index in [-0.39, 0.29) is 5.41 Å². The zero-order valence-electron chi connectivity index (χ0n) is 11.7. The first-order chi connectivity index (χ1) is 8.67. The monoisotopic (exact) mass is 247 g/mol. The maximum Gasteiger partial charge on any atom is 0.0499 e. The van der Waals surface area contributed by atoms with E-state index < -0.39 is 0 Å². The quantitative estimate of drug-likeness (QED) is 0.835. The van der Waals surface area contributed by atoms with Gasteiger partial charge in [-0.2, -0.15) is 0 Å². The van der Waals surface area contributed by atoms with E-state index in [0.29, 0.717) is 6.61 Å². The number of hydrogen-bond acceptors (Lipinski definition) is 2. The van der Waals surface area contributed by atoms with Gasteiger partial charge in [-0.3, -0.25) is 0 Å². The number of benzene rings is 1. The standard InChI is InChI=1S/C16H25NO/c1-3-14-5-7-15(8-6-14)11-17(2)12-16(13-18)9-4-10-16/h5-8,18H,3-4,9-13H2,1-2H3. The molecule has 100 valence electrons. The second kappa shape index (κ2) is 5.85. The lowest BCUT2D eigenvalue weighted by Crippen LogP contribution is -2.43. The molecule has 0 unspecified atom stereocenters. The molecular formula is C16H25NO. The van der Waals surface area contributed by atoms with Gasteiger partial charge in [0.1, 0.15) is 0 Å². The van der Waals surface area contributed by atoms with Gasteiger partial charge in [-0.1, -0.05) is 37.6 Å². The third-order valence-corrected chi connectivity index (χ3v) is 4.24. The second-order valence-electron chi connectivity index (χ2n) is 5.85. The van der Waals surface area contributed by atoms with Crippen molar-refractivity contribution in [2.24, 2.45) is 5.41 Å². The van der Waals surface area contributed by atoms with Crippen molar-refractivity contribution in [2.75, 3.05) is 20.2 Å². The molecule has 1 fully saturated rings. The Morgan fingerprint density at radius 2 is 1.78 bits per heavy atom. The minimum atomic E-state index is 0.193. The summed E-state index contributed by atoms with van der Waals surface area (Å²) in [6.45, 7) is 4.51. The second-order valence-corrected chi connectivity index (χ2v) is 5.85. The van der Waals surface area contributed by atoms with Crippen LogP contribution in [-0.2, 0) is 13.0 Å². The first kappa shape index (κ1) is 13.6. The van der Waals surface area contributed by atoms with Crippen LogP contribution >= 0.6 is 0 Å². The minimum Gasteiger partial charge on any atom is -0.396 e. The number of rotatable bonds is 6. The Morgan fingerprint density at radius 3 is 2.22 bits per heavy atom. The molecule has 18 heavy (non-hydrogen) atoms. The van der Waals surface area contributed by atoms with E-state index in [0.717, 1.165) is 19.5 Å². The maximum atomic E-state index is 9.49. The van der Waals surface area contributed by atoms with Gasteiger partial charge in [0, 0.05) is 25.1 Å². The number of nitrogens with zero attached hydrogens (tertiary/aromatic N) is 1. The van der Waals surface area contributed by atoms with Crippen LogP contribution in [0.5, 0.6) is 0 Å². The average Bonchev–Trinajstić information content (AvgIpc) is 2.35. The van der Waals surface area contributed by atoms with E-state index in [1.54, 1.807) is 0 Å². The Balaban J connectivity index is 1.88. The van der Waals surface area contributed by atoms with Crippen molar-refractivity contribution in [3.63, 3.8) is 0 Å². The number of hydrogen-bond donors (Lipinski definition) is 1. The molecule has 1 aromatic carbocycles. The zero-order valence-corrected chi connectivity index (χ0v) is 11.7. The van der Waals surface area contributed by atoms with Crippen LogP contribution in [0.25, 0.3) is 0 Å². The Labute approximate surface area is 111 Å². The summed E-state index contributed by atoms with van der Waals surface area (Å²) in [5.41, 5.74) is 2.95. The predicted octanol–water partition coefficient (Wildman–Crippen LogP) is 2.84. The Morgan fingerprint density at radius 1 is 1.17 bits per heavy atom. The van der Waals surface area contributed by atoms with Crippen LogP contribution in [0.2, 0.25) is 0 Å². The van der Waals surface area contributed by atoms with Gasteiger partial charge in [-0.05, 0) is 37.4 Å². The van der Waals surface area contributed by atoms with Crippen molar-refractivity contribution < 1.29 is 5.11 Å². The number of aliphatic hydroxyl groups excluding tert-OH is 1. The van der Waals surface area contributed by atoms with Crippen LogP contribution in [0, 0.1) is 5.41 Å². The summed E-state index contributed by atoms with van der Waals surface area (Å²) in [6.07, 6.45) is 4.74. The third kappa shape index (κ3) is 3.12. The van der Waals surface area contributed by atoms with E-state index in [4.69, 9.17) is 0 Å². The molecule has 0 spiro atoms. The fourth-order valence-corrected chi connectivity index (χ4v) is 2.86. The molecule has 1 saturated carbocycles. The Hall–Kier alpha value is -0.860. The molecule has 2 nitrogen and oxygen atoms in total. The predicted molar refractivity (Wildman–Crippen MR) is 75.5 cm³/mol. The summed E-state index contributed by atoms with van der Waals surface area (Å²) < 4.78 is 0. The summed E-state index contributed by atoms with van der Waals surface area (Å²) in [5, 5.41) is 9.49. The third-order valence-electron chi connectivity index (χ3n) is 4.24. The van der Waals surface area contributed by atoms with Gasteiger partial charge >= 0.3 is 0 Å². The highest BCUT2D eigenvalue weighted by atomic mass is 16.3. The molecule has 1 N–H and O–H groups in total. The zero-order chi connectivity index (χ0) is 13.0. The summed E-state index contributed by atoms with van der Waals surface area (Å²) in [6, 6.07) is 8.88. The van der Waals surface area contributed by atoms with Crippen LogP contribution < -0.4 is 0 Å². The fraction of sp³-hybridized carbons (Fsp3) is 0.625. The van der Waals surface area contributed by atoms with E-state index in [1.165, 1.54) is 30.4 Å². The lowest BCUT2D eigenvalue weighted by Gasteiger charge is -2.43. The topological polar surface area (TPSA) is 23.5 Å². The van der Waals surface area contributed by atoms with Gasteiger partial charge in [0.25, 0.3) is 0 Å². The largest absolute Gasteiger partial charge is 0.396 e. The number of aryl methyl sites for hydroxylation is 1. The molecule has 0 amide bonds. The molecule has 1 aliphatic carbocycles. The van der Waals surface area contributed by atoms with E-state index in [2.05, 4.69) is 43.1 Å². The van der Waals surface area contributed by atoms with E-state index in [9.17, 15) is 5.11 Å². The smallest absolute Gasteiger partial charge is 0.0499 e. The van der Waals surface area contributed by atoms with E-state index in [1.807, 2.05) is 0 Å². The van der Waals surface area contributed by atoms with Gasteiger partial charge in [-0.25, -0.2) is 0 Å². The first-order valence-electron chi connectivity index (χ1n) is 7.05. The van der Waals surface area contributed by atoms with Crippen LogP contribution in [0.1, 0.15) is 37.3 Å². The molecule has 0 aliphatic heterocycles. The van der Waals surface area contributed by atoms with Crippen molar-refractivity contribution in [1.29, 1.82) is 0 Å². The Kier molecular flexibility index (Phi) is 4.41. The lowest BCUT2D eigenvalue weighted by atomic mass is 9.69. The number of aliphatic hydroxyl groups is 1. The molecule has 1 aliphatic rings. The van der Waals surface area contributed by atoms with Gasteiger partial charge in [0.15, 0.2) is 0 Å². The van der Waals surface area contributed by atoms with Crippen molar-refractivity contribution in [3.05, 3.63) is 35.4 Å². The fourth-order valence-electron chi connectivity index (χ4n) is 2.86.